The molecule has 0 radical (unpaired) electrons. The van der Waals surface area contributed by atoms with Crippen LogP contribution in [0, 0.1) is 0 Å². The Morgan fingerprint density at radius 2 is 1.22 bits per heavy atom. The summed E-state index contributed by atoms with van der Waals surface area (Å²) < 4.78 is 14.9. The second kappa shape index (κ2) is 10.3. The third-order valence-corrected chi connectivity index (χ3v) is 9.11. The Morgan fingerprint density at radius 3 is 2.00 bits per heavy atom. The van der Waals surface area contributed by atoms with Crippen molar-refractivity contribution >= 4 is 72.5 Å². The van der Waals surface area contributed by atoms with Crippen LogP contribution in [-0.4, -0.2) is 4.57 Å². The number of nitrogens with zero attached hydrogens (tertiary/aromatic N) is 1. The van der Waals surface area contributed by atoms with Gasteiger partial charge in [0, 0.05) is 48.7 Å². The zero-order chi connectivity index (χ0) is 30.8. The number of hydrogen-bond acceptors (Lipinski definition) is 2. The maximum Gasteiger partial charge on any atom is 0.143 e. The third-order valence-electron chi connectivity index (χ3n) is 9.11. The molecule has 3 aromatic heterocycles. The molecule has 6 aromatic carbocycles. The van der Waals surface area contributed by atoms with Gasteiger partial charge < -0.3 is 13.4 Å². The van der Waals surface area contributed by atoms with Crippen LogP contribution in [0.25, 0.3) is 89.3 Å². The van der Waals surface area contributed by atoms with Crippen LogP contribution in [0.1, 0.15) is 12.5 Å². The van der Waals surface area contributed by atoms with E-state index >= 15 is 0 Å². The van der Waals surface area contributed by atoms with Gasteiger partial charge in [-0.2, -0.15) is 0 Å². The fourth-order valence-electron chi connectivity index (χ4n) is 6.96. The van der Waals surface area contributed by atoms with E-state index in [0.29, 0.717) is 0 Å². The highest BCUT2D eigenvalue weighted by atomic mass is 16.3. The molecule has 3 heterocycles. The Labute approximate surface area is 265 Å². The number of benzene rings is 6. The quantitative estimate of drug-likeness (QED) is 0.204. The Morgan fingerprint density at radius 1 is 0.587 bits per heavy atom. The Kier molecular flexibility index (Phi) is 5.87. The topological polar surface area (TPSA) is 31.2 Å². The SMILES string of the molecule is C=C(/C=c1\c(=C/C)n(-c2ccccc2)c2ccccc12)c1cccc2c1oc1ccc(-c3ccc4oc5ccccc5c4c3)cc12. The van der Waals surface area contributed by atoms with Crippen molar-refractivity contribution < 1.29 is 8.83 Å². The van der Waals surface area contributed by atoms with E-state index in [9.17, 15) is 0 Å². The van der Waals surface area contributed by atoms with Crippen molar-refractivity contribution in [2.75, 3.05) is 0 Å². The minimum absolute atomic E-state index is 0.848. The summed E-state index contributed by atoms with van der Waals surface area (Å²) in [6.45, 7) is 6.67. The van der Waals surface area contributed by atoms with Crippen LogP contribution in [0.15, 0.2) is 149 Å². The molecule has 0 N–H and O–H groups in total. The first kappa shape index (κ1) is 26.4. The number of allylic oxidation sites excluding steroid dienone is 1. The highest BCUT2D eigenvalue weighted by Crippen LogP contribution is 2.37. The number of furan rings is 2. The van der Waals surface area contributed by atoms with Crippen LogP contribution in [-0.2, 0) is 0 Å². The molecule has 0 saturated carbocycles. The van der Waals surface area contributed by atoms with Crippen LogP contribution in [0.4, 0.5) is 0 Å². The van der Waals surface area contributed by atoms with Crippen molar-refractivity contribution in [3.8, 4) is 16.8 Å². The fraction of sp³-hybridized carbons (Fsp3) is 0.0233. The lowest BCUT2D eigenvalue weighted by Crippen LogP contribution is -2.28. The van der Waals surface area contributed by atoms with Gasteiger partial charge in [-0.15, -0.1) is 0 Å². The lowest BCUT2D eigenvalue weighted by atomic mass is 9.99. The highest BCUT2D eigenvalue weighted by Gasteiger charge is 2.15. The van der Waals surface area contributed by atoms with E-state index in [2.05, 4.69) is 152 Å². The number of aromatic nitrogens is 1. The van der Waals surface area contributed by atoms with E-state index in [4.69, 9.17) is 8.83 Å². The number of hydrogen-bond donors (Lipinski definition) is 0. The molecule has 0 aliphatic carbocycles. The van der Waals surface area contributed by atoms with Gasteiger partial charge in [0.15, 0.2) is 0 Å². The molecule has 0 bridgehead atoms. The molecule has 0 saturated heterocycles. The molecule has 0 fully saturated rings. The molecule has 0 unspecified atom stereocenters. The number of rotatable bonds is 4. The first-order chi connectivity index (χ1) is 22.7. The van der Waals surface area contributed by atoms with E-state index < -0.39 is 0 Å². The van der Waals surface area contributed by atoms with Crippen molar-refractivity contribution in [3.05, 3.63) is 156 Å². The molecule has 218 valence electrons. The Balaban J connectivity index is 1.19. The standard InChI is InChI=1S/C43H29NO2/c1-3-38-35(32-14-7-9-18-39(32)44(38)30-12-5-4-6-13-30)24-27(2)31-16-11-17-34-37-26-29(21-23-42(37)46-43(31)34)28-20-22-41-36(25-28)33-15-8-10-19-40(33)45-41/h3-26H,2H2,1H3/b35-24-,38-3+. The first-order valence-electron chi connectivity index (χ1n) is 15.6. The molecule has 3 heteroatoms. The molecule has 0 spiro atoms. The van der Waals surface area contributed by atoms with Gasteiger partial charge in [0.1, 0.15) is 22.3 Å². The van der Waals surface area contributed by atoms with Crippen molar-refractivity contribution in [2.24, 2.45) is 0 Å². The van der Waals surface area contributed by atoms with Crippen LogP contribution < -0.4 is 10.6 Å². The van der Waals surface area contributed by atoms with E-state index in [1.807, 2.05) is 12.1 Å². The van der Waals surface area contributed by atoms with Crippen LogP contribution in [0.3, 0.4) is 0 Å². The summed E-state index contributed by atoms with van der Waals surface area (Å²) in [5, 5.41) is 7.88. The summed E-state index contributed by atoms with van der Waals surface area (Å²) in [4.78, 5) is 0. The molecular formula is C43H29NO2. The van der Waals surface area contributed by atoms with Gasteiger partial charge in [-0.25, -0.2) is 0 Å². The Bertz CT molecular complexity index is 2770. The van der Waals surface area contributed by atoms with Crippen molar-refractivity contribution in [1.29, 1.82) is 0 Å². The van der Waals surface area contributed by atoms with Gasteiger partial charge in [0.05, 0.1) is 5.52 Å². The summed E-state index contributed by atoms with van der Waals surface area (Å²) in [6.07, 6.45) is 4.38. The number of para-hydroxylation sites is 4. The second-order valence-electron chi connectivity index (χ2n) is 11.7. The molecule has 9 aromatic rings. The maximum absolute atomic E-state index is 6.56. The average molecular weight is 592 g/mol. The predicted molar refractivity (Wildman–Crippen MR) is 193 cm³/mol. The van der Waals surface area contributed by atoms with Gasteiger partial charge >= 0.3 is 0 Å². The predicted octanol–water partition coefficient (Wildman–Crippen LogP) is 10.4. The molecule has 46 heavy (non-hydrogen) atoms. The summed E-state index contributed by atoms with van der Waals surface area (Å²) in [7, 11) is 0. The van der Waals surface area contributed by atoms with E-state index in [1.54, 1.807) is 0 Å². The van der Waals surface area contributed by atoms with E-state index in [1.165, 1.54) is 5.39 Å². The lowest BCUT2D eigenvalue weighted by molar-refractivity contribution is 0.667. The van der Waals surface area contributed by atoms with E-state index in [0.717, 1.165) is 87.9 Å². The summed E-state index contributed by atoms with van der Waals surface area (Å²) in [5.41, 5.74) is 9.97. The fourth-order valence-corrected chi connectivity index (χ4v) is 6.96. The Hall–Kier alpha value is -6.06. The zero-order valence-electron chi connectivity index (χ0n) is 25.3. The second-order valence-corrected chi connectivity index (χ2v) is 11.7. The van der Waals surface area contributed by atoms with Gasteiger partial charge in [-0.05, 0) is 78.2 Å². The minimum Gasteiger partial charge on any atom is -0.456 e. The molecule has 9 rings (SSSR count). The first-order valence-corrected chi connectivity index (χ1v) is 15.6. The van der Waals surface area contributed by atoms with Gasteiger partial charge in [0.25, 0.3) is 0 Å². The van der Waals surface area contributed by atoms with E-state index in [-0.39, 0.29) is 0 Å². The number of fused-ring (bicyclic) bond motifs is 7. The van der Waals surface area contributed by atoms with Crippen LogP contribution in [0.2, 0.25) is 0 Å². The lowest BCUT2D eigenvalue weighted by Gasteiger charge is -2.06. The van der Waals surface area contributed by atoms with Gasteiger partial charge in [0.2, 0.25) is 0 Å². The summed E-state index contributed by atoms with van der Waals surface area (Å²) in [6, 6.07) is 46.5. The normalized spacial score (nSPS) is 12.8. The minimum atomic E-state index is 0.848. The highest BCUT2D eigenvalue weighted by molar-refractivity contribution is 6.12. The molecule has 3 nitrogen and oxygen atoms in total. The monoisotopic (exact) mass is 591 g/mol. The molecule has 0 aliphatic rings. The maximum atomic E-state index is 6.56. The molecule has 0 aliphatic heterocycles. The van der Waals surface area contributed by atoms with Crippen molar-refractivity contribution in [2.45, 2.75) is 6.92 Å². The van der Waals surface area contributed by atoms with Gasteiger partial charge in [-0.1, -0.05) is 97.6 Å². The average Bonchev–Trinajstić information content (AvgIpc) is 3.77. The molecule has 0 atom stereocenters. The van der Waals surface area contributed by atoms with Crippen LogP contribution >= 0.6 is 0 Å². The third kappa shape index (κ3) is 3.99. The van der Waals surface area contributed by atoms with Crippen LogP contribution in [0.5, 0.6) is 0 Å². The van der Waals surface area contributed by atoms with Crippen molar-refractivity contribution in [3.63, 3.8) is 0 Å². The molecular weight excluding hydrogens is 562 g/mol. The zero-order valence-corrected chi connectivity index (χ0v) is 25.3. The summed E-state index contributed by atoms with van der Waals surface area (Å²) in [5.74, 6) is 0. The van der Waals surface area contributed by atoms with Crippen molar-refractivity contribution in [1.82, 2.24) is 4.57 Å². The smallest absolute Gasteiger partial charge is 0.143 e. The summed E-state index contributed by atoms with van der Waals surface area (Å²) >= 11 is 0. The largest absolute Gasteiger partial charge is 0.456 e. The molecule has 0 amide bonds. The van der Waals surface area contributed by atoms with Gasteiger partial charge in [-0.3, -0.25) is 0 Å².